The molecule has 27 heavy (non-hydrogen) atoms. The molecule has 1 aliphatic heterocycles. The number of aryl methyl sites for hydroxylation is 1. The molecule has 3 heterocycles. The van der Waals surface area contributed by atoms with E-state index in [0.29, 0.717) is 6.42 Å². The Morgan fingerprint density at radius 2 is 2.30 bits per heavy atom. The van der Waals surface area contributed by atoms with Crippen LogP contribution in [0.2, 0.25) is 0 Å². The van der Waals surface area contributed by atoms with E-state index in [1.165, 1.54) is 9.75 Å². The highest BCUT2D eigenvalue weighted by Gasteiger charge is 2.25. The van der Waals surface area contributed by atoms with Crippen molar-refractivity contribution in [3.8, 4) is 10.6 Å². The first-order chi connectivity index (χ1) is 13.1. The number of likely N-dealkylation sites (tertiary alicyclic amines) is 1. The lowest BCUT2D eigenvalue weighted by molar-refractivity contribution is -0.129. The number of amides is 1. The summed E-state index contributed by atoms with van der Waals surface area (Å²) in [5, 5.41) is 10.0. The quantitative estimate of drug-likeness (QED) is 0.573. The lowest BCUT2D eigenvalue weighted by Crippen LogP contribution is -2.45. The van der Waals surface area contributed by atoms with E-state index in [0.717, 1.165) is 49.1 Å². The van der Waals surface area contributed by atoms with Gasteiger partial charge in [-0.3, -0.25) is 9.79 Å². The molecule has 1 unspecified atom stereocenters. The molecule has 1 aliphatic rings. The maximum absolute atomic E-state index is 11.8. The molecular weight excluding hydrogens is 378 g/mol. The summed E-state index contributed by atoms with van der Waals surface area (Å²) in [5.41, 5.74) is 1.08. The van der Waals surface area contributed by atoms with Crippen LogP contribution in [0.4, 0.5) is 0 Å². The van der Waals surface area contributed by atoms with Crippen molar-refractivity contribution in [1.82, 2.24) is 20.5 Å². The smallest absolute Gasteiger partial charge is 0.222 e. The average molecular weight is 406 g/mol. The maximum Gasteiger partial charge on any atom is 0.222 e. The summed E-state index contributed by atoms with van der Waals surface area (Å²) >= 11 is 3.48. The molecule has 2 aromatic rings. The second kappa shape index (κ2) is 9.32. The Kier molecular flexibility index (Phi) is 6.84. The molecular formula is C19H27N5OS2. The number of aliphatic imine (C=N–C) groups is 1. The SMILES string of the molecule is CCC(=O)N1CCC(NC(=NC)NCCc2ccc(-c3csc(C)n3)s2)C1. The number of aromatic nitrogens is 1. The average Bonchev–Trinajstić information content (AvgIpc) is 3.41. The summed E-state index contributed by atoms with van der Waals surface area (Å²) < 4.78 is 0. The van der Waals surface area contributed by atoms with E-state index in [9.17, 15) is 4.79 Å². The summed E-state index contributed by atoms with van der Waals surface area (Å²) in [7, 11) is 1.78. The van der Waals surface area contributed by atoms with Gasteiger partial charge in [0.1, 0.15) is 0 Å². The van der Waals surface area contributed by atoms with Crippen LogP contribution in [-0.4, -0.2) is 54.5 Å². The fraction of sp³-hybridized carbons (Fsp3) is 0.526. The number of thiazole rings is 1. The molecule has 146 valence electrons. The number of nitrogens with one attached hydrogen (secondary N) is 2. The molecule has 6 nitrogen and oxygen atoms in total. The minimum atomic E-state index is 0.228. The lowest BCUT2D eigenvalue weighted by Gasteiger charge is -2.18. The summed E-state index contributed by atoms with van der Waals surface area (Å²) in [6, 6.07) is 4.60. The van der Waals surface area contributed by atoms with Crippen LogP contribution in [0, 0.1) is 6.92 Å². The van der Waals surface area contributed by atoms with Gasteiger partial charge in [0.05, 0.1) is 15.6 Å². The zero-order chi connectivity index (χ0) is 19.2. The highest BCUT2D eigenvalue weighted by atomic mass is 32.1. The Hall–Kier alpha value is -1.93. The van der Waals surface area contributed by atoms with E-state index in [2.05, 4.69) is 38.1 Å². The third-order valence-corrected chi connectivity index (χ3v) is 6.55. The van der Waals surface area contributed by atoms with Crippen molar-refractivity contribution in [3.05, 3.63) is 27.4 Å². The van der Waals surface area contributed by atoms with Crippen LogP contribution < -0.4 is 10.6 Å². The van der Waals surface area contributed by atoms with Gasteiger partial charge in [-0.25, -0.2) is 4.98 Å². The van der Waals surface area contributed by atoms with Crippen LogP contribution in [0.15, 0.2) is 22.5 Å². The van der Waals surface area contributed by atoms with Crippen molar-refractivity contribution < 1.29 is 4.79 Å². The molecule has 1 amide bonds. The Morgan fingerprint density at radius 1 is 1.44 bits per heavy atom. The fourth-order valence-electron chi connectivity index (χ4n) is 3.15. The maximum atomic E-state index is 11.8. The van der Waals surface area contributed by atoms with Gasteiger partial charge in [-0.15, -0.1) is 22.7 Å². The monoisotopic (exact) mass is 405 g/mol. The highest BCUT2D eigenvalue weighted by Crippen LogP contribution is 2.29. The van der Waals surface area contributed by atoms with Crippen molar-refractivity contribution in [3.63, 3.8) is 0 Å². The molecule has 0 spiro atoms. The first-order valence-corrected chi connectivity index (χ1v) is 11.0. The Bertz CT molecular complexity index is 798. The van der Waals surface area contributed by atoms with Crippen LogP contribution in [0.1, 0.15) is 29.7 Å². The lowest BCUT2D eigenvalue weighted by atomic mass is 10.3. The van der Waals surface area contributed by atoms with Crippen LogP contribution in [0.3, 0.4) is 0 Å². The first-order valence-electron chi connectivity index (χ1n) is 9.35. The van der Waals surface area contributed by atoms with Crippen molar-refractivity contribution in [2.75, 3.05) is 26.7 Å². The van der Waals surface area contributed by atoms with E-state index in [4.69, 9.17) is 0 Å². The molecule has 0 radical (unpaired) electrons. The molecule has 3 rings (SSSR count). The number of carbonyl (C=O) groups excluding carboxylic acids is 1. The molecule has 2 N–H and O–H groups in total. The third kappa shape index (κ3) is 5.29. The number of thiophene rings is 1. The predicted molar refractivity (Wildman–Crippen MR) is 114 cm³/mol. The molecule has 2 aromatic heterocycles. The Labute approximate surface area is 168 Å². The molecule has 0 saturated carbocycles. The predicted octanol–water partition coefficient (Wildman–Crippen LogP) is 2.90. The molecule has 1 fully saturated rings. The second-order valence-corrected chi connectivity index (χ2v) is 8.82. The van der Waals surface area contributed by atoms with Crippen molar-refractivity contribution in [2.45, 2.75) is 39.2 Å². The molecule has 0 aliphatic carbocycles. The van der Waals surface area contributed by atoms with Crippen LogP contribution in [0.25, 0.3) is 10.6 Å². The van der Waals surface area contributed by atoms with Gasteiger partial charge in [-0.2, -0.15) is 0 Å². The van der Waals surface area contributed by atoms with Crippen molar-refractivity contribution in [2.24, 2.45) is 4.99 Å². The molecule has 1 atom stereocenters. The summed E-state index contributed by atoms with van der Waals surface area (Å²) in [6.07, 6.45) is 2.48. The van der Waals surface area contributed by atoms with Gasteiger partial charge >= 0.3 is 0 Å². The third-order valence-electron chi connectivity index (χ3n) is 4.60. The van der Waals surface area contributed by atoms with Gasteiger partial charge in [0, 0.05) is 49.4 Å². The van der Waals surface area contributed by atoms with Crippen LogP contribution >= 0.6 is 22.7 Å². The van der Waals surface area contributed by atoms with Crippen LogP contribution in [-0.2, 0) is 11.2 Å². The zero-order valence-corrected chi connectivity index (χ0v) is 17.8. The van der Waals surface area contributed by atoms with Gasteiger partial charge in [0.2, 0.25) is 5.91 Å². The Morgan fingerprint density at radius 3 is 3.00 bits per heavy atom. The number of carbonyl (C=O) groups is 1. The summed E-state index contributed by atoms with van der Waals surface area (Å²) in [4.78, 5) is 25.2. The first kappa shape index (κ1) is 19.8. The molecule has 8 heteroatoms. The number of rotatable bonds is 6. The number of hydrogen-bond acceptors (Lipinski definition) is 5. The van der Waals surface area contributed by atoms with Gasteiger partial charge in [0.25, 0.3) is 0 Å². The largest absolute Gasteiger partial charge is 0.356 e. The van der Waals surface area contributed by atoms with Gasteiger partial charge < -0.3 is 15.5 Å². The van der Waals surface area contributed by atoms with Gasteiger partial charge in [-0.05, 0) is 31.9 Å². The van der Waals surface area contributed by atoms with Crippen LogP contribution in [0.5, 0.6) is 0 Å². The molecule has 1 saturated heterocycles. The van der Waals surface area contributed by atoms with Crippen molar-refractivity contribution in [1.29, 1.82) is 0 Å². The summed E-state index contributed by atoms with van der Waals surface area (Å²) in [5.74, 6) is 1.03. The van der Waals surface area contributed by atoms with E-state index in [1.54, 1.807) is 29.7 Å². The zero-order valence-electron chi connectivity index (χ0n) is 16.1. The van der Waals surface area contributed by atoms with E-state index in [1.807, 2.05) is 18.7 Å². The highest BCUT2D eigenvalue weighted by molar-refractivity contribution is 7.16. The number of guanidine groups is 1. The fourth-order valence-corrected chi connectivity index (χ4v) is 4.80. The normalized spacial score (nSPS) is 17.4. The number of nitrogens with zero attached hydrogens (tertiary/aromatic N) is 3. The van der Waals surface area contributed by atoms with E-state index < -0.39 is 0 Å². The second-order valence-electron chi connectivity index (χ2n) is 6.59. The molecule has 0 bridgehead atoms. The van der Waals surface area contributed by atoms with E-state index >= 15 is 0 Å². The standard InChI is InChI=1S/C19H27N5OS2/c1-4-18(25)24-10-8-14(11-24)23-19(20-3)21-9-7-15-5-6-17(27-15)16-12-26-13(2)22-16/h5-6,12,14H,4,7-11H2,1-3H3,(H2,20,21,23). The summed E-state index contributed by atoms with van der Waals surface area (Å²) in [6.45, 7) is 6.35. The Balaban J connectivity index is 1.44. The topological polar surface area (TPSA) is 69.6 Å². The van der Waals surface area contributed by atoms with Gasteiger partial charge in [-0.1, -0.05) is 6.92 Å². The van der Waals surface area contributed by atoms with Gasteiger partial charge in [0.15, 0.2) is 5.96 Å². The van der Waals surface area contributed by atoms with E-state index in [-0.39, 0.29) is 11.9 Å². The van der Waals surface area contributed by atoms with Crippen molar-refractivity contribution >= 4 is 34.5 Å². The number of hydrogen-bond donors (Lipinski definition) is 2. The molecule has 0 aromatic carbocycles. The minimum absolute atomic E-state index is 0.228. The minimum Gasteiger partial charge on any atom is -0.356 e.